The third-order valence-corrected chi connectivity index (χ3v) is 8.32. The van der Waals surface area contributed by atoms with E-state index < -0.39 is 22.6 Å². The summed E-state index contributed by atoms with van der Waals surface area (Å²) < 4.78 is 24.2. The second-order valence-corrected chi connectivity index (χ2v) is 9.89. The van der Waals surface area contributed by atoms with Gasteiger partial charge in [-0.25, -0.2) is 14.4 Å². The minimum atomic E-state index is -0.981. The van der Waals surface area contributed by atoms with Gasteiger partial charge in [-0.3, -0.25) is 20.4 Å². The highest BCUT2D eigenvalue weighted by Crippen LogP contribution is 2.70. The summed E-state index contributed by atoms with van der Waals surface area (Å²) >= 11 is 0. The number of aromatic nitrogens is 2. The Morgan fingerprint density at radius 3 is 2.18 bits per heavy atom. The molecule has 2 bridgehead atoms. The van der Waals surface area contributed by atoms with Crippen LogP contribution in [0.25, 0.3) is 11.0 Å². The Morgan fingerprint density at radius 2 is 1.53 bits per heavy atom. The van der Waals surface area contributed by atoms with Gasteiger partial charge in [0, 0.05) is 23.1 Å². The predicted molar refractivity (Wildman–Crippen MR) is 120 cm³/mol. The Bertz CT molecular complexity index is 1390. The zero-order chi connectivity index (χ0) is 23.9. The van der Waals surface area contributed by atoms with E-state index >= 15 is 0 Å². The fourth-order valence-corrected chi connectivity index (χ4v) is 5.89. The molecule has 1 aromatic heterocycles. The highest BCUT2D eigenvalue weighted by Gasteiger charge is 2.73. The largest absolute Gasteiger partial charge is 0.454 e. The summed E-state index contributed by atoms with van der Waals surface area (Å²) in [4.78, 5) is 36.2. The standard InChI is InChI=1S/C25H23FN4O4/c1-23(2)24(3)8-9-25(23,22(32)30-29-21(31)13-4-6-14(26)7-5-13)20-19(24)27-15-10-17-18(34-12-33-17)11-16(15)28-20/h4-7,10-11H,8-9,12H2,1-3H3,(H,29,31)(H,30,32). The minimum Gasteiger partial charge on any atom is -0.454 e. The fraction of sp³-hybridized carbons (Fsp3) is 0.360. The lowest BCUT2D eigenvalue weighted by atomic mass is 9.63. The zero-order valence-corrected chi connectivity index (χ0v) is 19.0. The molecule has 1 aliphatic heterocycles. The number of fused-ring (bicyclic) bond motifs is 7. The number of benzene rings is 2. The van der Waals surface area contributed by atoms with Gasteiger partial charge in [-0.15, -0.1) is 0 Å². The number of rotatable bonds is 2. The average Bonchev–Trinajstić information content (AvgIpc) is 3.39. The Balaban J connectivity index is 1.39. The van der Waals surface area contributed by atoms with Crippen LogP contribution in [0.4, 0.5) is 4.39 Å². The van der Waals surface area contributed by atoms with E-state index in [-0.39, 0.29) is 23.7 Å². The Labute approximate surface area is 194 Å². The number of carbonyl (C=O) groups excluding carboxylic acids is 2. The maximum absolute atomic E-state index is 13.8. The summed E-state index contributed by atoms with van der Waals surface area (Å²) in [6, 6.07) is 8.72. The smallest absolute Gasteiger partial charge is 0.269 e. The molecular formula is C25H23FN4O4. The second-order valence-electron chi connectivity index (χ2n) is 9.89. The van der Waals surface area contributed by atoms with Crippen LogP contribution in [0.2, 0.25) is 0 Å². The van der Waals surface area contributed by atoms with Crippen LogP contribution in [0, 0.1) is 11.2 Å². The maximum atomic E-state index is 13.8. The van der Waals surface area contributed by atoms with Crippen molar-refractivity contribution in [3.8, 4) is 11.5 Å². The quantitative estimate of drug-likeness (QED) is 0.567. The van der Waals surface area contributed by atoms with Crippen LogP contribution in [0.1, 0.15) is 55.4 Å². The van der Waals surface area contributed by atoms with Crippen LogP contribution in [0.15, 0.2) is 36.4 Å². The van der Waals surface area contributed by atoms with E-state index in [1.165, 1.54) is 24.3 Å². The van der Waals surface area contributed by atoms with Crippen molar-refractivity contribution in [2.45, 2.75) is 44.4 Å². The van der Waals surface area contributed by atoms with E-state index in [0.29, 0.717) is 34.6 Å². The van der Waals surface area contributed by atoms with Gasteiger partial charge in [0.2, 0.25) is 6.79 Å². The van der Waals surface area contributed by atoms with Crippen molar-refractivity contribution in [2.75, 3.05) is 6.79 Å². The third-order valence-electron chi connectivity index (χ3n) is 8.32. The van der Waals surface area contributed by atoms with Crippen molar-refractivity contribution < 1.29 is 23.5 Å². The van der Waals surface area contributed by atoms with Crippen molar-refractivity contribution in [1.82, 2.24) is 20.8 Å². The first-order valence-electron chi connectivity index (χ1n) is 11.2. The number of hydrogen-bond donors (Lipinski definition) is 2. The monoisotopic (exact) mass is 462 g/mol. The number of nitrogens with zero attached hydrogens (tertiary/aromatic N) is 2. The van der Waals surface area contributed by atoms with Gasteiger partial charge in [-0.05, 0) is 42.5 Å². The summed E-state index contributed by atoms with van der Waals surface area (Å²) in [5, 5.41) is 0. The van der Waals surface area contributed by atoms with Crippen molar-refractivity contribution in [1.29, 1.82) is 0 Å². The molecule has 2 atom stereocenters. The SMILES string of the molecule is CC12CCC(C(=O)NNC(=O)c3ccc(F)cc3)(c3nc4cc5c(cc4nc31)OCO5)C2(C)C. The van der Waals surface area contributed by atoms with Gasteiger partial charge in [0.05, 0.1) is 22.4 Å². The summed E-state index contributed by atoms with van der Waals surface area (Å²) in [6.07, 6.45) is 1.34. The molecule has 2 heterocycles. The van der Waals surface area contributed by atoms with Gasteiger partial charge in [0.15, 0.2) is 11.5 Å². The molecule has 34 heavy (non-hydrogen) atoms. The molecule has 2 unspecified atom stereocenters. The Kier molecular flexibility index (Phi) is 4.07. The molecule has 0 spiro atoms. The number of amides is 2. The van der Waals surface area contributed by atoms with E-state index in [2.05, 4.69) is 31.6 Å². The summed E-state index contributed by atoms with van der Waals surface area (Å²) in [5.41, 5.74) is 6.20. The second kappa shape index (κ2) is 6.65. The lowest BCUT2D eigenvalue weighted by Crippen LogP contribution is -2.55. The van der Waals surface area contributed by atoms with Gasteiger partial charge in [-0.1, -0.05) is 20.8 Å². The summed E-state index contributed by atoms with van der Waals surface area (Å²) in [7, 11) is 0. The fourth-order valence-electron chi connectivity index (χ4n) is 5.89. The molecule has 174 valence electrons. The van der Waals surface area contributed by atoms with Crippen molar-refractivity contribution in [2.24, 2.45) is 5.41 Å². The molecule has 1 saturated carbocycles. The van der Waals surface area contributed by atoms with Gasteiger partial charge < -0.3 is 9.47 Å². The summed E-state index contributed by atoms with van der Waals surface area (Å²) in [6.45, 7) is 6.39. The molecule has 3 aromatic rings. The zero-order valence-electron chi connectivity index (χ0n) is 19.0. The van der Waals surface area contributed by atoms with Gasteiger partial charge in [0.1, 0.15) is 11.2 Å². The Morgan fingerprint density at radius 1 is 0.912 bits per heavy atom. The number of hydrogen-bond acceptors (Lipinski definition) is 6. The van der Waals surface area contributed by atoms with Gasteiger partial charge >= 0.3 is 0 Å². The van der Waals surface area contributed by atoms with Crippen LogP contribution in [0.3, 0.4) is 0 Å². The molecule has 0 radical (unpaired) electrons. The molecule has 2 amide bonds. The highest BCUT2D eigenvalue weighted by atomic mass is 19.1. The van der Waals surface area contributed by atoms with Crippen LogP contribution in [-0.2, 0) is 15.6 Å². The number of halogens is 1. The Hall–Kier alpha value is -3.75. The topological polar surface area (TPSA) is 102 Å². The molecular weight excluding hydrogens is 439 g/mol. The predicted octanol–water partition coefficient (Wildman–Crippen LogP) is 3.29. The molecule has 2 N–H and O–H groups in total. The van der Waals surface area contributed by atoms with Gasteiger partial charge in [0.25, 0.3) is 11.8 Å². The molecule has 2 aliphatic carbocycles. The van der Waals surface area contributed by atoms with Crippen LogP contribution in [-0.4, -0.2) is 28.6 Å². The van der Waals surface area contributed by atoms with Crippen molar-refractivity contribution in [3.63, 3.8) is 0 Å². The van der Waals surface area contributed by atoms with E-state index in [1.807, 2.05) is 6.07 Å². The molecule has 2 aromatic carbocycles. The first-order chi connectivity index (χ1) is 16.2. The van der Waals surface area contributed by atoms with Crippen LogP contribution in [0.5, 0.6) is 11.5 Å². The number of nitrogens with one attached hydrogen (secondary N) is 2. The van der Waals surface area contributed by atoms with E-state index in [9.17, 15) is 14.0 Å². The lowest BCUT2D eigenvalue weighted by Gasteiger charge is -2.39. The molecule has 6 rings (SSSR count). The average molecular weight is 462 g/mol. The van der Waals surface area contributed by atoms with Crippen molar-refractivity contribution >= 4 is 22.8 Å². The van der Waals surface area contributed by atoms with Crippen molar-refractivity contribution in [3.05, 3.63) is 59.2 Å². The summed E-state index contributed by atoms with van der Waals surface area (Å²) in [5.74, 6) is -0.0863. The molecule has 0 saturated heterocycles. The number of ether oxygens (including phenoxy) is 2. The van der Waals surface area contributed by atoms with Gasteiger partial charge in [-0.2, -0.15) is 0 Å². The lowest BCUT2D eigenvalue weighted by molar-refractivity contribution is -0.131. The maximum Gasteiger partial charge on any atom is 0.269 e. The number of carbonyl (C=O) groups is 2. The van der Waals surface area contributed by atoms with E-state index in [0.717, 1.165) is 12.1 Å². The first kappa shape index (κ1) is 20.8. The molecule has 3 aliphatic rings. The molecule has 1 fully saturated rings. The van der Waals surface area contributed by atoms with E-state index in [1.54, 1.807) is 6.07 Å². The van der Waals surface area contributed by atoms with Crippen LogP contribution >= 0.6 is 0 Å². The van der Waals surface area contributed by atoms with E-state index in [4.69, 9.17) is 19.4 Å². The minimum absolute atomic E-state index is 0.149. The third kappa shape index (κ3) is 2.47. The van der Waals surface area contributed by atoms with Crippen LogP contribution < -0.4 is 20.3 Å². The highest BCUT2D eigenvalue weighted by molar-refractivity contribution is 5.98. The molecule has 9 heteroatoms. The first-order valence-corrected chi connectivity index (χ1v) is 11.2. The molecule has 8 nitrogen and oxygen atoms in total. The number of hydrazine groups is 1. The normalized spacial score (nSPS) is 25.3.